The average Bonchev–Trinajstić information content (AvgIpc) is 2.36. The molecule has 0 heterocycles. The average molecular weight is 281 g/mol. The zero-order chi connectivity index (χ0) is 14.9. The number of rotatable bonds is 2. The molecule has 0 saturated carbocycles. The monoisotopic (exact) mass is 281 g/mol. The fourth-order valence-corrected chi connectivity index (χ4v) is 1.64. The number of hydrogen-bond acceptors (Lipinski definition) is 2. The Kier molecular flexibility index (Phi) is 3.65. The van der Waals surface area contributed by atoms with Gasteiger partial charge in [-0.25, -0.2) is 13.2 Å². The second-order valence-corrected chi connectivity index (χ2v) is 4.20. The fourth-order valence-electron chi connectivity index (χ4n) is 1.64. The fraction of sp³-hybridized carbons (Fsp3) is 0.0714. The maximum Gasteiger partial charge on any atom is 0.255 e. The number of phenols is 1. The number of anilines is 1. The molecule has 1 amide bonds. The van der Waals surface area contributed by atoms with Crippen LogP contribution in [0.3, 0.4) is 0 Å². The summed E-state index contributed by atoms with van der Waals surface area (Å²) in [4.78, 5) is 11.8. The summed E-state index contributed by atoms with van der Waals surface area (Å²) in [5.74, 6) is -4.24. The molecule has 104 valence electrons. The Bertz CT molecular complexity index is 663. The molecule has 2 aromatic carbocycles. The molecule has 0 radical (unpaired) electrons. The van der Waals surface area contributed by atoms with Crippen molar-refractivity contribution < 1.29 is 23.1 Å². The van der Waals surface area contributed by atoms with E-state index in [1.165, 1.54) is 18.2 Å². The van der Waals surface area contributed by atoms with Crippen molar-refractivity contribution in [3.63, 3.8) is 0 Å². The van der Waals surface area contributed by atoms with Crippen LogP contribution < -0.4 is 5.32 Å². The van der Waals surface area contributed by atoms with Crippen molar-refractivity contribution in [3.05, 3.63) is 58.9 Å². The van der Waals surface area contributed by atoms with Crippen LogP contribution in [0.25, 0.3) is 0 Å². The third kappa shape index (κ3) is 2.74. The maximum absolute atomic E-state index is 13.4. The molecule has 0 fully saturated rings. The van der Waals surface area contributed by atoms with Crippen LogP contribution in [0.15, 0.2) is 30.3 Å². The van der Waals surface area contributed by atoms with Gasteiger partial charge in [-0.3, -0.25) is 4.79 Å². The summed E-state index contributed by atoms with van der Waals surface area (Å²) < 4.78 is 39.5. The number of halogens is 3. The molecule has 2 aromatic rings. The number of nitrogens with one attached hydrogen (secondary N) is 1. The Labute approximate surface area is 112 Å². The van der Waals surface area contributed by atoms with Gasteiger partial charge in [-0.05, 0) is 30.7 Å². The van der Waals surface area contributed by atoms with E-state index < -0.39 is 29.0 Å². The molecule has 0 aliphatic heterocycles. The lowest BCUT2D eigenvalue weighted by atomic mass is 10.1. The van der Waals surface area contributed by atoms with Crippen molar-refractivity contribution in [2.75, 3.05) is 5.32 Å². The van der Waals surface area contributed by atoms with E-state index in [1.807, 2.05) is 5.32 Å². The second-order valence-electron chi connectivity index (χ2n) is 4.20. The summed E-state index contributed by atoms with van der Waals surface area (Å²) in [6.45, 7) is 1.57. The van der Waals surface area contributed by atoms with Gasteiger partial charge in [0, 0.05) is 17.7 Å². The van der Waals surface area contributed by atoms with Gasteiger partial charge in [-0.2, -0.15) is 0 Å². The summed E-state index contributed by atoms with van der Waals surface area (Å²) in [7, 11) is 0. The quantitative estimate of drug-likeness (QED) is 0.886. The standard InChI is InChI=1S/C14H10F3NO2/c1-7-4-8(2-3-12(7)19)14(20)18-13-10(16)5-9(15)6-11(13)17/h2-6,19H,1H3,(H,18,20). The zero-order valence-corrected chi connectivity index (χ0v) is 10.4. The molecule has 0 atom stereocenters. The Balaban J connectivity index is 2.30. The van der Waals surface area contributed by atoms with Crippen LogP contribution in [-0.4, -0.2) is 11.0 Å². The van der Waals surface area contributed by atoms with Gasteiger partial charge in [0.05, 0.1) is 0 Å². The smallest absolute Gasteiger partial charge is 0.255 e. The Morgan fingerprint density at radius 1 is 1.10 bits per heavy atom. The van der Waals surface area contributed by atoms with E-state index in [9.17, 15) is 23.1 Å². The molecule has 0 aromatic heterocycles. The molecule has 20 heavy (non-hydrogen) atoms. The summed E-state index contributed by atoms with van der Waals surface area (Å²) in [6.07, 6.45) is 0. The first-order chi connectivity index (χ1) is 9.38. The minimum atomic E-state index is -1.20. The first-order valence-corrected chi connectivity index (χ1v) is 5.64. The highest BCUT2D eigenvalue weighted by atomic mass is 19.1. The van der Waals surface area contributed by atoms with Gasteiger partial charge in [0.15, 0.2) is 11.6 Å². The molecule has 0 aliphatic carbocycles. The molecular formula is C14H10F3NO2. The molecular weight excluding hydrogens is 271 g/mol. The lowest BCUT2D eigenvalue weighted by Gasteiger charge is -2.08. The molecule has 6 heteroatoms. The van der Waals surface area contributed by atoms with E-state index in [1.54, 1.807) is 6.92 Å². The molecule has 3 nitrogen and oxygen atoms in total. The van der Waals surface area contributed by atoms with Crippen LogP contribution >= 0.6 is 0 Å². The van der Waals surface area contributed by atoms with Gasteiger partial charge in [-0.1, -0.05) is 0 Å². The van der Waals surface area contributed by atoms with Gasteiger partial charge in [0.25, 0.3) is 5.91 Å². The van der Waals surface area contributed by atoms with Gasteiger partial charge < -0.3 is 10.4 Å². The van der Waals surface area contributed by atoms with Crippen molar-refractivity contribution in [1.29, 1.82) is 0 Å². The number of benzene rings is 2. The van der Waals surface area contributed by atoms with Crippen molar-refractivity contribution in [2.24, 2.45) is 0 Å². The van der Waals surface area contributed by atoms with Gasteiger partial charge >= 0.3 is 0 Å². The third-order valence-electron chi connectivity index (χ3n) is 2.70. The minimum absolute atomic E-state index is 0.000642. The van der Waals surface area contributed by atoms with Gasteiger partial charge in [0.1, 0.15) is 17.3 Å². The van der Waals surface area contributed by atoms with E-state index in [0.717, 1.165) is 0 Å². The minimum Gasteiger partial charge on any atom is -0.508 e. The first kappa shape index (κ1) is 13.9. The van der Waals surface area contributed by atoms with Gasteiger partial charge in [-0.15, -0.1) is 0 Å². The summed E-state index contributed by atoms with van der Waals surface area (Å²) >= 11 is 0. The number of phenolic OH excluding ortho intramolecular Hbond substituents is 1. The van der Waals surface area contributed by atoms with E-state index in [0.29, 0.717) is 17.7 Å². The first-order valence-electron chi connectivity index (χ1n) is 5.64. The zero-order valence-electron chi connectivity index (χ0n) is 10.4. The van der Waals surface area contributed by atoms with E-state index in [-0.39, 0.29) is 11.3 Å². The molecule has 2 rings (SSSR count). The predicted molar refractivity (Wildman–Crippen MR) is 67.1 cm³/mol. The summed E-state index contributed by atoms with van der Waals surface area (Å²) in [6, 6.07) is 4.91. The molecule has 2 N–H and O–H groups in total. The molecule has 0 bridgehead atoms. The number of hydrogen-bond donors (Lipinski definition) is 2. The third-order valence-corrected chi connectivity index (χ3v) is 2.70. The lowest BCUT2D eigenvalue weighted by molar-refractivity contribution is 0.102. The highest BCUT2D eigenvalue weighted by Gasteiger charge is 2.15. The summed E-state index contributed by atoms with van der Waals surface area (Å²) in [5, 5.41) is 11.4. The summed E-state index contributed by atoms with van der Waals surface area (Å²) in [5.41, 5.74) is -0.164. The van der Waals surface area contributed by atoms with Crippen LogP contribution in [0.1, 0.15) is 15.9 Å². The van der Waals surface area contributed by atoms with Crippen LogP contribution in [0.5, 0.6) is 5.75 Å². The van der Waals surface area contributed by atoms with Crippen molar-refractivity contribution in [2.45, 2.75) is 6.92 Å². The van der Waals surface area contributed by atoms with Crippen molar-refractivity contribution >= 4 is 11.6 Å². The predicted octanol–water partition coefficient (Wildman–Crippen LogP) is 3.37. The van der Waals surface area contributed by atoms with E-state index >= 15 is 0 Å². The Morgan fingerprint density at radius 3 is 2.25 bits per heavy atom. The van der Waals surface area contributed by atoms with Crippen LogP contribution in [0.4, 0.5) is 18.9 Å². The van der Waals surface area contributed by atoms with Crippen molar-refractivity contribution in [1.82, 2.24) is 0 Å². The van der Waals surface area contributed by atoms with Crippen LogP contribution in [-0.2, 0) is 0 Å². The largest absolute Gasteiger partial charge is 0.508 e. The molecule has 0 unspecified atom stereocenters. The number of aromatic hydroxyl groups is 1. The topological polar surface area (TPSA) is 49.3 Å². The normalized spacial score (nSPS) is 10.4. The lowest BCUT2D eigenvalue weighted by Crippen LogP contribution is -2.14. The Hall–Kier alpha value is -2.50. The number of aryl methyl sites for hydroxylation is 1. The number of carbonyl (C=O) groups excluding carboxylic acids is 1. The number of amides is 1. The SMILES string of the molecule is Cc1cc(C(=O)Nc2c(F)cc(F)cc2F)ccc1O. The Morgan fingerprint density at radius 2 is 1.70 bits per heavy atom. The van der Waals surface area contributed by atoms with Crippen LogP contribution in [0, 0.1) is 24.4 Å². The van der Waals surface area contributed by atoms with Gasteiger partial charge in [0.2, 0.25) is 0 Å². The molecule has 0 aliphatic rings. The van der Waals surface area contributed by atoms with Crippen molar-refractivity contribution in [3.8, 4) is 5.75 Å². The maximum atomic E-state index is 13.4. The highest BCUT2D eigenvalue weighted by molar-refractivity contribution is 6.04. The van der Waals surface area contributed by atoms with Crippen LogP contribution in [0.2, 0.25) is 0 Å². The molecule has 0 spiro atoms. The molecule has 0 saturated heterocycles. The highest BCUT2D eigenvalue weighted by Crippen LogP contribution is 2.22. The number of carbonyl (C=O) groups is 1. The van der Waals surface area contributed by atoms with E-state index in [2.05, 4.69) is 0 Å². The second kappa shape index (κ2) is 5.24. The van der Waals surface area contributed by atoms with E-state index in [4.69, 9.17) is 0 Å².